The van der Waals surface area contributed by atoms with Gasteiger partial charge in [0.1, 0.15) is 29.7 Å². The molecular formula is C28H37ClN6O5. The van der Waals surface area contributed by atoms with Gasteiger partial charge in [-0.15, -0.1) is 0 Å². The summed E-state index contributed by atoms with van der Waals surface area (Å²) < 4.78 is 11.0. The number of halogens is 1. The number of amides is 3. The minimum absolute atomic E-state index is 0.0788. The molecule has 216 valence electrons. The van der Waals surface area contributed by atoms with Crippen LogP contribution in [0.25, 0.3) is 0 Å². The molecule has 0 spiro atoms. The number of rotatable bonds is 6. The fourth-order valence-electron chi connectivity index (χ4n) is 4.85. The monoisotopic (exact) mass is 572 g/mol. The smallest absolute Gasteiger partial charge is 0.413 e. The van der Waals surface area contributed by atoms with E-state index in [9.17, 15) is 14.4 Å². The Balaban J connectivity index is 1.53. The molecule has 3 heterocycles. The second-order valence-electron chi connectivity index (χ2n) is 11.3. The van der Waals surface area contributed by atoms with Crippen LogP contribution >= 0.6 is 11.6 Å². The number of hydrogen-bond acceptors (Lipinski definition) is 8. The van der Waals surface area contributed by atoms with Gasteiger partial charge < -0.3 is 24.2 Å². The van der Waals surface area contributed by atoms with Crippen molar-refractivity contribution in [2.24, 2.45) is 0 Å². The number of cyclic esters (lactones) is 1. The first-order valence-electron chi connectivity index (χ1n) is 13.5. The molecule has 40 heavy (non-hydrogen) atoms. The standard InChI is InChI=1S/C28H37ClN6O5/c1-17(2)35(27(38)40-28(4,5)6)15-21(19-7-9-20(29)10-8-19)25(36)34-13-11-33(12-14-34)24-22-18(3)39-26(37)32-23(22)30-16-31-24/h7-10,16-18,21H,11-15H2,1-6H3,(H,30,31,32,37)/t18?,21-/m1/s1. The van der Waals surface area contributed by atoms with E-state index in [2.05, 4.69) is 20.2 Å². The van der Waals surface area contributed by atoms with Gasteiger partial charge in [-0.3, -0.25) is 10.1 Å². The minimum atomic E-state index is -0.661. The first-order valence-corrected chi connectivity index (χ1v) is 13.8. The molecule has 0 aliphatic carbocycles. The Hall–Kier alpha value is -3.60. The summed E-state index contributed by atoms with van der Waals surface area (Å²) in [5.41, 5.74) is 0.828. The van der Waals surface area contributed by atoms with Gasteiger partial charge in [0.25, 0.3) is 0 Å². The highest BCUT2D eigenvalue weighted by Gasteiger charge is 2.35. The molecule has 2 aliphatic rings. The first-order chi connectivity index (χ1) is 18.8. The maximum atomic E-state index is 14.0. The predicted molar refractivity (Wildman–Crippen MR) is 152 cm³/mol. The summed E-state index contributed by atoms with van der Waals surface area (Å²) >= 11 is 6.14. The number of anilines is 2. The summed E-state index contributed by atoms with van der Waals surface area (Å²) in [7, 11) is 0. The van der Waals surface area contributed by atoms with Gasteiger partial charge in [0.15, 0.2) is 0 Å². The summed E-state index contributed by atoms with van der Waals surface area (Å²) in [6.45, 7) is 13.2. The number of nitrogens with zero attached hydrogens (tertiary/aromatic N) is 5. The fourth-order valence-corrected chi connectivity index (χ4v) is 4.98. The Bertz CT molecular complexity index is 1240. The number of fused-ring (bicyclic) bond motifs is 1. The van der Waals surface area contributed by atoms with Gasteiger partial charge >= 0.3 is 12.2 Å². The maximum Gasteiger partial charge on any atom is 0.413 e. The van der Waals surface area contributed by atoms with Crippen LogP contribution in [0.1, 0.15) is 64.7 Å². The third-order valence-electron chi connectivity index (χ3n) is 6.87. The van der Waals surface area contributed by atoms with Gasteiger partial charge in [0, 0.05) is 43.8 Å². The zero-order valence-electron chi connectivity index (χ0n) is 23.8. The molecule has 2 atom stereocenters. The van der Waals surface area contributed by atoms with Gasteiger partial charge in [-0.2, -0.15) is 0 Å². The molecule has 2 aromatic rings. The van der Waals surface area contributed by atoms with Crippen molar-refractivity contribution in [3.63, 3.8) is 0 Å². The van der Waals surface area contributed by atoms with E-state index in [1.54, 1.807) is 24.0 Å². The number of aromatic nitrogens is 2. The zero-order valence-corrected chi connectivity index (χ0v) is 24.6. The molecule has 2 aliphatic heterocycles. The van der Waals surface area contributed by atoms with Crippen LogP contribution in [-0.2, 0) is 14.3 Å². The SMILES string of the molecule is CC1OC(=O)Nc2ncnc(N3CCN(C(=O)[C@H](CN(C(=O)OC(C)(C)C)C(C)C)c4ccc(Cl)cc4)CC3)c21. The number of hydrogen-bond donors (Lipinski definition) is 1. The van der Waals surface area contributed by atoms with Gasteiger partial charge in [-0.05, 0) is 59.2 Å². The van der Waals surface area contributed by atoms with Crippen LogP contribution in [0.4, 0.5) is 21.2 Å². The highest BCUT2D eigenvalue weighted by molar-refractivity contribution is 6.30. The lowest BCUT2D eigenvalue weighted by Crippen LogP contribution is -2.52. The molecule has 4 rings (SSSR count). The highest BCUT2D eigenvalue weighted by atomic mass is 35.5. The van der Waals surface area contributed by atoms with Crippen LogP contribution in [0.2, 0.25) is 5.02 Å². The first kappa shape index (κ1) is 29.4. The van der Waals surface area contributed by atoms with Crippen LogP contribution in [0, 0.1) is 0 Å². The normalized spacial score (nSPS) is 18.0. The molecule has 0 bridgehead atoms. The molecule has 0 saturated carbocycles. The van der Waals surface area contributed by atoms with E-state index in [1.807, 2.05) is 51.7 Å². The van der Waals surface area contributed by atoms with Crippen LogP contribution in [-0.4, -0.2) is 82.2 Å². The van der Waals surface area contributed by atoms with E-state index < -0.39 is 29.8 Å². The van der Waals surface area contributed by atoms with Crippen LogP contribution < -0.4 is 10.2 Å². The van der Waals surface area contributed by atoms with E-state index in [0.29, 0.717) is 48.4 Å². The fraction of sp³-hybridized carbons (Fsp3) is 0.536. The molecule has 1 fully saturated rings. The van der Waals surface area contributed by atoms with Gasteiger partial charge in [-0.25, -0.2) is 19.6 Å². The topological polar surface area (TPSA) is 117 Å². The molecule has 1 unspecified atom stereocenters. The second kappa shape index (κ2) is 11.9. The largest absolute Gasteiger partial charge is 0.444 e. The summed E-state index contributed by atoms with van der Waals surface area (Å²) in [6.07, 6.45) is -0.0902. The molecule has 1 aromatic carbocycles. The van der Waals surface area contributed by atoms with Gasteiger partial charge in [-0.1, -0.05) is 23.7 Å². The molecular weight excluding hydrogens is 536 g/mol. The van der Waals surface area contributed by atoms with Gasteiger partial charge in [0.2, 0.25) is 5.91 Å². The molecule has 0 radical (unpaired) electrons. The van der Waals surface area contributed by atoms with Crippen molar-refractivity contribution < 1.29 is 23.9 Å². The van der Waals surface area contributed by atoms with Crippen LogP contribution in [0.15, 0.2) is 30.6 Å². The summed E-state index contributed by atoms with van der Waals surface area (Å²) in [4.78, 5) is 53.0. The van der Waals surface area contributed by atoms with Crippen molar-refractivity contribution in [2.45, 2.75) is 65.2 Å². The van der Waals surface area contributed by atoms with Crippen molar-refractivity contribution >= 4 is 41.3 Å². The molecule has 1 N–H and O–H groups in total. The lowest BCUT2D eigenvalue weighted by molar-refractivity contribution is -0.133. The lowest BCUT2D eigenvalue weighted by Gasteiger charge is -2.39. The highest BCUT2D eigenvalue weighted by Crippen LogP contribution is 2.35. The average molecular weight is 573 g/mol. The summed E-state index contributed by atoms with van der Waals surface area (Å²) in [6, 6.07) is 6.99. The van der Waals surface area contributed by atoms with Gasteiger partial charge in [0.05, 0.1) is 11.5 Å². The van der Waals surface area contributed by atoms with Crippen molar-refractivity contribution in [1.82, 2.24) is 19.8 Å². The van der Waals surface area contributed by atoms with E-state index in [0.717, 1.165) is 5.56 Å². The quantitative estimate of drug-likeness (QED) is 0.523. The molecule has 1 saturated heterocycles. The van der Waals surface area contributed by atoms with Crippen molar-refractivity contribution in [1.29, 1.82) is 0 Å². The molecule has 11 nitrogen and oxygen atoms in total. The summed E-state index contributed by atoms with van der Waals surface area (Å²) in [5, 5.41) is 3.20. The van der Waals surface area contributed by atoms with Crippen molar-refractivity contribution in [2.75, 3.05) is 42.9 Å². The van der Waals surface area contributed by atoms with Crippen LogP contribution in [0.5, 0.6) is 0 Å². The average Bonchev–Trinajstić information content (AvgIpc) is 2.88. The number of nitrogens with one attached hydrogen (secondary N) is 1. The Labute approximate surface area is 239 Å². The van der Waals surface area contributed by atoms with E-state index in [1.165, 1.54) is 6.33 Å². The number of ether oxygens (including phenoxy) is 2. The number of carbonyl (C=O) groups is 3. The van der Waals surface area contributed by atoms with Crippen LogP contribution in [0.3, 0.4) is 0 Å². The van der Waals surface area contributed by atoms with E-state index >= 15 is 0 Å². The third kappa shape index (κ3) is 6.75. The Morgan fingerprint density at radius 1 is 1.15 bits per heavy atom. The second-order valence-corrected chi connectivity index (χ2v) is 11.7. The minimum Gasteiger partial charge on any atom is -0.444 e. The lowest BCUT2D eigenvalue weighted by atomic mass is 9.96. The molecule has 1 aromatic heterocycles. The van der Waals surface area contributed by atoms with E-state index in [-0.39, 0.29) is 18.5 Å². The third-order valence-corrected chi connectivity index (χ3v) is 7.12. The Morgan fingerprint density at radius 3 is 2.40 bits per heavy atom. The summed E-state index contributed by atoms with van der Waals surface area (Å²) in [5.74, 6) is 0.430. The molecule has 3 amide bonds. The molecule has 12 heteroatoms. The van der Waals surface area contributed by atoms with Crippen molar-refractivity contribution in [3.05, 3.63) is 46.7 Å². The Morgan fingerprint density at radius 2 is 1.80 bits per heavy atom. The number of carbonyl (C=O) groups excluding carboxylic acids is 3. The maximum absolute atomic E-state index is 14.0. The zero-order chi connectivity index (χ0) is 29.2. The van der Waals surface area contributed by atoms with E-state index in [4.69, 9.17) is 21.1 Å². The predicted octanol–water partition coefficient (Wildman–Crippen LogP) is 4.83. The number of piperazine rings is 1. The van der Waals surface area contributed by atoms with Crippen molar-refractivity contribution in [3.8, 4) is 0 Å². The number of benzene rings is 1. The Kier molecular flexibility index (Phi) is 8.72.